The first-order chi connectivity index (χ1) is 14.0. The summed E-state index contributed by atoms with van der Waals surface area (Å²) in [5, 5.41) is 4.21. The molecule has 0 radical (unpaired) electrons. The van der Waals surface area contributed by atoms with Crippen molar-refractivity contribution in [1.29, 1.82) is 0 Å². The highest BCUT2D eigenvalue weighted by molar-refractivity contribution is 6.19. The highest BCUT2D eigenvalue weighted by Crippen LogP contribution is 2.46. The quantitative estimate of drug-likeness (QED) is 0.427. The Morgan fingerprint density at radius 3 is 2.43 bits per heavy atom. The van der Waals surface area contributed by atoms with Crippen molar-refractivity contribution < 1.29 is 23.9 Å². The minimum atomic E-state index is -0.662. The number of benzene rings is 2. The van der Waals surface area contributed by atoms with Gasteiger partial charge in [0.2, 0.25) is 5.91 Å². The summed E-state index contributed by atoms with van der Waals surface area (Å²) in [6.07, 6.45) is -0.498. The van der Waals surface area contributed by atoms with E-state index in [2.05, 4.69) is 5.32 Å². The van der Waals surface area contributed by atoms with Gasteiger partial charge in [-0.15, -0.1) is 11.6 Å². The van der Waals surface area contributed by atoms with E-state index in [1.807, 2.05) is 0 Å². The van der Waals surface area contributed by atoms with E-state index in [0.29, 0.717) is 34.9 Å². The number of anilines is 2. The number of hydrogen-bond donors (Lipinski definition) is 1. The lowest BCUT2D eigenvalue weighted by atomic mass is 9.95. The molecule has 160 valence electrons. The smallest absolute Gasteiger partial charge is 0.414 e. The van der Waals surface area contributed by atoms with Crippen LogP contribution in [0.1, 0.15) is 46.1 Å². The summed E-state index contributed by atoms with van der Waals surface area (Å²) in [6.45, 7) is 8.48. The molecule has 3 rings (SSSR count). The number of esters is 1. The van der Waals surface area contributed by atoms with E-state index < -0.39 is 17.7 Å². The molecule has 1 atom stereocenters. The monoisotopic (exact) mass is 432 g/mol. The molecule has 0 aliphatic carbocycles. The molecule has 0 saturated heterocycles. The molecule has 0 bridgehead atoms. The minimum Gasteiger partial charge on any atom is -0.443 e. The van der Waals surface area contributed by atoms with Gasteiger partial charge in [0.25, 0.3) is 0 Å². The lowest BCUT2D eigenvalue weighted by Gasteiger charge is -2.25. The van der Waals surface area contributed by atoms with Crippen LogP contribution in [0.2, 0.25) is 0 Å². The number of halogens is 1. The fourth-order valence-corrected chi connectivity index (χ4v) is 3.85. The Labute approximate surface area is 180 Å². The standard InChI is InChI=1S/C22H25ClN2O5/c1-12(26)24-15-6-7-16-17(8-15)20-14(10-23)11-25(21(28)30-22(3,4)5)18(20)9-19(16)29-13(2)27/h6-9,14H,10-11H2,1-5H3,(H,24,26)/t14-/m0/s1. The second-order valence-electron chi connectivity index (χ2n) is 8.28. The van der Waals surface area contributed by atoms with Crippen LogP contribution >= 0.6 is 11.6 Å². The van der Waals surface area contributed by atoms with Crippen molar-refractivity contribution in [3.8, 4) is 5.75 Å². The summed E-state index contributed by atoms with van der Waals surface area (Å²) in [6, 6.07) is 6.99. The number of amides is 2. The molecule has 2 aromatic carbocycles. The molecule has 0 unspecified atom stereocenters. The van der Waals surface area contributed by atoms with Crippen LogP contribution in [0.25, 0.3) is 10.8 Å². The van der Waals surface area contributed by atoms with Crippen molar-refractivity contribution in [1.82, 2.24) is 0 Å². The summed E-state index contributed by atoms with van der Waals surface area (Å²) in [5.41, 5.74) is 1.37. The average molecular weight is 433 g/mol. The summed E-state index contributed by atoms with van der Waals surface area (Å²) in [5.74, 6) is -0.201. The van der Waals surface area contributed by atoms with Gasteiger partial charge >= 0.3 is 12.1 Å². The molecule has 0 spiro atoms. The number of hydrogen-bond acceptors (Lipinski definition) is 5. The van der Waals surface area contributed by atoms with Crippen LogP contribution in [0, 0.1) is 0 Å². The highest BCUT2D eigenvalue weighted by atomic mass is 35.5. The second kappa shape index (κ2) is 8.14. The predicted molar refractivity (Wildman–Crippen MR) is 117 cm³/mol. The van der Waals surface area contributed by atoms with Crippen molar-refractivity contribution in [2.24, 2.45) is 0 Å². The number of carbonyl (C=O) groups excluding carboxylic acids is 3. The number of nitrogens with one attached hydrogen (secondary N) is 1. The molecular weight excluding hydrogens is 408 g/mol. The van der Waals surface area contributed by atoms with Crippen LogP contribution in [-0.4, -0.2) is 36.0 Å². The Bertz CT molecular complexity index is 1030. The maximum atomic E-state index is 12.9. The molecule has 1 heterocycles. The maximum absolute atomic E-state index is 12.9. The molecule has 0 saturated carbocycles. The lowest BCUT2D eigenvalue weighted by molar-refractivity contribution is -0.131. The predicted octanol–water partition coefficient (Wildman–Crippen LogP) is 4.80. The van der Waals surface area contributed by atoms with Crippen LogP contribution in [-0.2, 0) is 14.3 Å². The number of ether oxygens (including phenoxy) is 2. The van der Waals surface area contributed by atoms with E-state index in [9.17, 15) is 14.4 Å². The van der Waals surface area contributed by atoms with E-state index in [1.54, 1.807) is 45.0 Å². The van der Waals surface area contributed by atoms with Crippen LogP contribution < -0.4 is 15.0 Å². The molecule has 7 nitrogen and oxygen atoms in total. The molecule has 0 fully saturated rings. The maximum Gasteiger partial charge on any atom is 0.414 e. The molecule has 8 heteroatoms. The van der Waals surface area contributed by atoms with Gasteiger partial charge in [0.1, 0.15) is 11.4 Å². The third kappa shape index (κ3) is 4.51. The van der Waals surface area contributed by atoms with Gasteiger partial charge in [0.05, 0.1) is 5.69 Å². The van der Waals surface area contributed by atoms with E-state index in [4.69, 9.17) is 21.1 Å². The van der Waals surface area contributed by atoms with Crippen LogP contribution in [0.3, 0.4) is 0 Å². The zero-order valence-corrected chi connectivity index (χ0v) is 18.4. The zero-order chi connectivity index (χ0) is 22.2. The Morgan fingerprint density at radius 1 is 1.17 bits per heavy atom. The van der Waals surface area contributed by atoms with Gasteiger partial charge in [0, 0.05) is 49.3 Å². The zero-order valence-electron chi connectivity index (χ0n) is 17.7. The molecule has 2 aromatic rings. The topological polar surface area (TPSA) is 84.9 Å². The van der Waals surface area contributed by atoms with Gasteiger partial charge in [-0.3, -0.25) is 14.5 Å². The second-order valence-corrected chi connectivity index (χ2v) is 8.59. The van der Waals surface area contributed by atoms with E-state index in [0.717, 1.165) is 10.9 Å². The van der Waals surface area contributed by atoms with E-state index in [-0.39, 0.29) is 11.8 Å². The first-order valence-corrected chi connectivity index (χ1v) is 10.2. The third-order valence-corrected chi connectivity index (χ3v) is 4.97. The molecule has 2 amide bonds. The Balaban J connectivity index is 2.23. The summed E-state index contributed by atoms with van der Waals surface area (Å²) >= 11 is 6.25. The fraction of sp³-hybridized carbons (Fsp3) is 0.409. The normalized spacial score (nSPS) is 15.7. The van der Waals surface area contributed by atoms with Gasteiger partial charge in [-0.25, -0.2) is 4.79 Å². The summed E-state index contributed by atoms with van der Waals surface area (Å²) in [7, 11) is 0. The third-order valence-electron chi connectivity index (χ3n) is 4.60. The minimum absolute atomic E-state index is 0.143. The van der Waals surface area contributed by atoms with Crippen LogP contribution in [0.4, 0.5) is 16.2 Å². The van der Waals surface area contributed by atoms with Crippen molar-refractivity contribution in [2.75, 3.05) is 22.6 Å². The molecule has 1 aliphatic rings. The Kier molecular flexibility index (Phi) is 5.94. The first kappa shape index (κ1) is 21.9. The molecular formula is C22H25ClN2O5. The molecule has 30 heavy (non-hydrogen) atoms. The van der Waals surface area contributed by atoms with Gasteiger partial charge in [-0.2, -0.15) is 0 Å². The highest BCUT2D eigenvalue weighted by Gasteiger charge is 2.37. The largest absolute Gasteiger partial charge is 0.443 e. The number of nitrogens with zero attached hydrogens (tertiary/aromatic N) is 1. The van der Waals surface area contributed by atoms with Crippen molar-refractivity contribution in [3.05, 3.63) is 29.8 Å². The lowest BCUT2D eigenvalue weighted by Crippen LogP contribution is -2.36. The number of alkyl halides is 1. The summed E-state index contributed by atoms with van der Waals surface area (Å²) in [4.78, 5) is 37.6. The van der Waals surface area contributed by atoms with E-state index in [1.165, 1.54) is 18.7 Å². The van der Waals surface area contributed by atoms with Crippen LogP contribution in [0.15, 0.2) is 24.3 Å². The van der Waals surface area contributed by atoms with Gasteiger partial charge in [0.15, 0.2) is 0 Å². The molecule has 1 aliphatic heterocycles. The molecule has 0 aromatic heterocycles. The van der Waals surface area contributed by atoms with Crippen LogP contribution in [0.5, 0.6) is 5.75 Å². The summed E-state index contributed by atoms with van der Waals surface area (Å²) < 4.78 is 11.0. The Morgan fingerprint density at radius 2 is 1.87 bits per heavy atom. The Hall–Kier alpha value is -2.80. The molecule has 1 N–H and O–H groups in total. The van der Waals surface area contributed by atoms with Crippen molar-refractivity contribution >= 4 is 51.7 Å². The SMILES string of the molecule is CC(=O)Nc1ccc2c(OC(C)=O)cc3c(c2c1)[C@@H](CCl)CN3C(=O)OC(C)(C)C. The fourth-order valence-electron chi connectivity index (χ4n) is 3.60. The van der Waals surface area contributed by atoms with E-state index >= 15 is 0 Å². The first-order valence-electron chi connectivity index (χ1n) is 9.63. The number of carbonyl (C=O) groups is 3. The van der Waals surface area contributed by atoms with Gasteiger partial charge in [-0.05, 0) is 49.9 Å². The van der Waals surface area contributed by atoms with Crippen molar-refractivity contribution in [2.45, 2.75) is 46.1 Å². The van der Waals surface area contributed by atoms with Gasteiger partial charge in [-0.1, -0.05) is 0 Å². The number of rotatable bonds is 3. The number of fused-ring (bicyclic) bond motifs is 3. The average Bonchev–Trinajstić information content (AvgIpc) is 2.98. The van der Waals surface area contributed by atoms with Gasteiger partial charge < -0.3 is 14.8 Å². The van der Waals surface area contributed by atoms with Crippen molar-refractivity contribution in [3.63, 3.8) is 0 Å².